The highest BCUT2D eigenvalue weighted by atomic mass is 16.1. The normalized spacial score (nSPS) is 21.5. The van der Waals surface area contributed by atoms with Gasteiger partial charge in [0, 0.05) is 36.8 Å². The van der Waals surface area contributed by atoms with Crippen molar-refractivity contribution in [2.75, 3.05) is 20.1 Å². The number of aromatic nitrogens is 2. The molecule has 1 fully saturated rings. The molecule has 3 heterocycles. The second kappa shape index (κ2) is 4.61. The Balaban J connectivity index is 1.80. The summed E-state index contributed by atoms with van der Waals surface area (Å²) in [4.78, 5) is 17.0. The molecule has 0 bridgehead atoms. The molecule has 2 aromatic rings. The average Bonchev–Trinajstić information content (AvgIpc) is 2.70. The van der Waals surface area contributed by atoms with Crippen LogP contribution < -0.4 is 5.43 Å². The van der Waals surface area contributed by atoms with Crippen LogP contribution in [0.2, 0.25) is 0 Å². The summed E-state index contributed by atoms with van der Waals surface area (Å²) in [5.74, 6) is 0.726. The fraction of sp³-hybridized carbons (Fsp3) is 0.500. The molecular formula is C14H19N3O. The second-order valence-corrected chi connectivity index (χ2v) is 5.41. The lowest BCUT2D eigenvalue weighted by Crippen LogP contribution is -2.33. The van der Waals surface area contributed by atoms with E-state index in [1.54, 1.807) is 12.1 Å². The highest BCUT2D eigenvalue weighted by molar-refractivity contribution is 5.39. The van der Waals surface area contributed by atoms with E-state index in [0.29, 0.717) is 0 Å². The van der Waals surface area contributed by atoms with Crippen molar-refractivity contribution in [3.8, 4) is 0 Å². The van der Waals surface area contributed by atoms with Crippen LogP contribution in [0.1, 0.15) is 18.5 Å². The Kier molecular flexibility index (Phi) is 2.96. The van der Waals surface area contributed by atoms with Gasteiger partial charge in [-0.3, -0.25) is 4.79 Å². The molecule has 1 atom stereocenters. The summed E-state index contributed by atoms with van der Waals surface area (Å²) in [5, 5.41) is 0. The van der Waals surface area contributed by atoms with E-state index in [-0.39, 0.29) is 5.43 Å². The van der Waals surface area contributed by atoms with Crippen LogP contribution in [0.25, 0.3) is 5.65 Å². The number of likely N-dealkylation sites (tertiary alicyclic amines) is 1. The minimum atomic E-state index is 0.0563. The van der Waals surface area contributed by atoms with Gasteiger partial charge in [0.1, 0.15) is 5.65 Å². The van der Waals surface area contributed by atoms with E-state index in [0.717, 1.165) is 18.0 Å². The topological polar surface area (TPSA) is 40.5 Å². The molecule has 0 amide bonds. The molecule has 1 aliphatic rings. The van der Waals surface area contributed by atoms with Crippen LogP contribution in [-0.2, 0) is 6.42 Å². The zero-order valence-electron chi connectivity index (χ0n) is 10.7. The quantitative estimate of drug-likeness (QED) is 0.871. The zero-order chi connectivity index (χ0) is 12.5. The number of aromatic amines is 1. The van der Waals surface area contributed by atoms with Crippen LogP contribution >= 0.6 is 0 Å². The Labute approximate surface area is 106 Å². The van der Waals surface area contributed by atoms with Crippen molar-refractivity contribution in [3.05, 3.63) is 40.4 Å². The highest BCUT2D eigenvalue weighted by Crippen LogP contribution is 2.19. The summed E-state index contributed by atoms with van der Waals surface area (Å²) in [7, 11) is 2.19. The minimum absolute atomic E-state index is 0.0563. The van der Waals surface area contributed by atoms with Gasteiger partial charge in [-0.1, -0.05) is 0 Å². The maximum absolute atomic E-state index is 11.3. The summed E-state index contributed by atoms with van der Waals surface area (Å²) >= 11 is 0. The molecule has 0 radical (unpaired) electrons. The highest BCUT2D eigenvalue weighted by Gasteiger charge is 2.18. The van der Waals surface area contributed by atoms with Gasteiger partial charge in [0.25, 0.3) is 0 Å². The van der Waals surface area contributed by atoms with Crippen molar-refractivity contribution in [1.29, 1.82) is 0 Å². The molecule has 1 unspecified atom stereocenters. The summed E-state index contributed by atoms with van der Waals surface area (Å²) in [5.41, 5.74) is 2.17. The molecule has 1 N–H and O–H groups in total. The maximum Gasteiger partial charge on any atom is 0.183 e. The van der Waals surface area contributed by atoms with Crippen molar-refractivity contribution >= 4 is 5.65 Å². The molecule has 1 aliphatic heterocycles. The van der Waals surface area contributed by atoms with Crippen molar-refractivity contribution < 1.29 is 0 Å². The molecule has 0 saturated carbocycles. The van der Waals surface area contributed by atoms with Gasteiger partial charge < -0.3 is 14.3 Å². The number of nitrogens with zero attached hydrogens (tertiary/aromatic N) is 2. The third-order valence-corrected chi connectivity index (χ3v) is 3.77. The van der Waals surface area contributed by atoms with E-state index in [2.05, 4.69) is 23.1 Å². The molecule has 0 aliphatic carbocycles. The van der Waals surface area contributed by atoms with Crippen molar-refractivity contribution in [2.45, 2.75) is 19.3 Å². The molecule has 3 rings (SSSR count). The second-order valence-electron chi connectivity index (χ2n) is 5.41. The fourth-order valence-electron chi connectivity index (χ4n) is 2.92. The predicted molar refractivity (Wildman–Crippen MR) is 71.9 cm³/mol. The fourth-order valence-corrected chi connectivity index (χ4v) is 2.92. The van der Waals surface area contributed by atoms with Gasteiger partial charge in [-0.2, -0.15) is 0 Å². The van der Waals surface area contributed by atoms with Crippen molar-refractivity contribution in [1.82, 2.24) is 14.3 Å². The lowest BCUT2D eigenvalue weighted by Gasteiger charge is -2.29. The first-order chi connectivity index (χ1) is 8.70. The number of hydrogen-bond donors (Lipinski definition) is 1. The third-order valence-electron chi connectivity index (χ3n) is 3.77. The molecule has 2 aromatic heterocycles. The van der Waals surface area contributed by atoms with Gasteiger partial charge in [-0.05, 0) is 38.8 Å². The monoisotopic (exact) mass is 245 g/mol. The summed E-state index contributed by atoms with van der Waals surface area (Å²) in [6.07, 6.45) is 7.59. The number of rotatable bonds is 2. The van der Waals surface area contributed by atoms with Gasteiger partial charge in [-0.15, -0.1) is 0 Å². The number of imidazole rings is 1. The Morgan fingerprint density at radius 2 is 2.39 bits per heavy atom. The number of fused-ring (bicyclic) bond motifs is 1. The number of hydrogen-bond acceptors (Lipinski definition) is 2. The van der Waals surface area contributed by atoms with E-state index in [1.807, 2.05) is 10.6 Å². The Bertz CT molecular complexity index is 598. The van der Waals surface area contributed by atoms with Crippen LogP contribution in [0.15, 0.2) is 29.3 Å². The minimum Gasteiger partial charge on any atom is -0.343 e. The summed E-state index contributed by atoms with van der Waals surface area (Å²) in [6.45, 7) is 2.39. The van der Waals surface area contributed by atoms with E-state index >= 15 is 0 Å². The third kappa shape index (κ3) is 2.34. The van der Waals surface area contributed by atoms with Crippen LogP contribution in [0.5, 0.6) is 0 Å². The lowest BCUT2D eigenvalue weighted by molar-refractivity contribution is 0.208. The molecule has 1 saturated heterocycles. The van der Waals surface area contributed by atoms with E-state index in [1.165, 1.54) is 31.6 Å². The maximum atomic E-state index is 11.3. The standard InChI is InChI=1S/C14H19N3O/c1-16-5-2-3-11(9-16)7-12-10-17-6-4-13(18)8-14(17)15-12/h4,6,8,10-11,15H,2-3,5,7,9H2,1H3. The molecule has 4 heteroatoms. The van der Waals surface area contributed by atoms with Gasteiger partial charge in [-0.25, -0.2) is 0 Å². The molecule has 18 heavy (non-hydrogen) atoms. The van der Waals surface area contributed by atoms with Crippen LogP contribution in [0.3, 0.4) is 0 Å². The van der Waals surface area contributed by atoms with Crippen molar-refractivity contribution in [3.63, 3.8) is 0 Å². The number of nitrogens with one attached hydrogen (secondary N) is 1. The van der Waals surface area contributed by atoms with Gasteiger partial charge >= 0.3 is 0 Å². The largest absolute Gasteiger partial charge is 0.343 e. The van der Waals surface area contributed by atoms with Crippen LogP contribution in [0.4, 0.5) is 0 Å². The van der Waals surface area contributed by atoms with Crippen LogP contribution in [0, 0.1) is 5.92 Å². The molecule has 4 nitrogen and oxygen atoms in total. The number of pyridine rings is 1. The van der Waals surface area contributed by atoms with E-state index in [9.17, 15) is 4.79 Å². The van der Waals surface area contributed by atoms with E-state index < -0.39 is 0 Å². The summed E-state index contributed by atoms with van der Waals surface area (Å²) < 4.78 is 1.99. The number of piperidine rings is 1. The van der Waals surface area contributed by atoms with Gasteiger partial charge in [0.05, 0.1) is 0 Å². The van der Waals surface area contributed by atoms with Gasteiger partial charge in [0.15, 0.2) is 5.43 Å². The summed E-state index contributed by atoms with van der Waals surface area (Å²) in [6, 6.07) is 3.25. The molecule has 0 spiro atoms. The zero-order valence-corrected chi connectivity index (χ0v) is 10.7. The average molecular weight is 245 g/mol. The molecule has 96 valence electrons. The van der Waals surface area contributed by atoms with Crippen molar-refractivity contribution in [2.24, 2.45) is 5.92 Å². The number of H-pyrrole nitrogens is 1. The smallest absolute Gasteiger partial charge is 0.183 e. The van der Waals surface area contributed by atoms with Crippen LogP contribution in [-0.4, -0.2) is 34.4 Å². The Morgan fingerprint density at radius 1 is 1.50 bits per heavy atom. The molecular weight excluding hydrogens is 226 g/mol. The Hall–Kier alpha value is -1.55. The molecule has 0 aromatic carbocycles. The first-order valence-corrected chi connectivity index (χ1v) is 6.59. The van der Waals surface area contributed by atoms with E-state index in [4.69, 9.17) is 0 Å². The first kappa shape index (κ1) is 11.5. The SMILES string of the molecule is CN1CCCC(Cc2cn3ccc(=O)cc3[nH]2)C1. The lowest BCUT2D eigenvalue weighted by atomic mass is 9.94. The predicted octanol–water partition coefficient (Wildman–Crippen LogP) is 1.51. The first-order valence-electron chi connectivity index (χ1n) is 6.59. The Morgan fingerprint density at radius 3 is 3.22 bits per heavy atom. The van der Waals surface area contributed by atoms with Gasteiger partial charge in [0.2, 0.25) is 0 Å².